The molecule has 3 rings (SSSR count). The molecule has 158 valence electrons. The molecule has 0 radical (unpaired) electrons. The Morgan fingerprint density at radius 1 is 0.800 bits per heavy atom. The van der Waals surface area contributed by atoms with Gasteiger partial charge in [0.05, 0.1) is 6.10 Å². The number of rotatable bonds is 9. The van der Waals surface area contributed by atoms with Crippen LogP contribution in [0.3, 0.4) is 0 Å². The van der Waals surface area contributed by atoms with Gasteiger partial charge in [-0.15, -0.1) is 11.8 Å². The predicted molar refractivity (Wildman–Crippen MR) is 135 cm³/mol. The van der Waals surface area contributed by atoms with E-state index in [-0.39, 0.29) is 11.4 Å². The maximum atomic E-state index is 14.6. The molecule has 3 aromatic rings. The van der Waals surface area contributed by atoms with Crippen molar-refractivity contribution in [2.75, 3.05) is 6.16 Å². The summed E-state index contributed by atoms with van der Waals surface area (Å²) in [7, 11) is -4.56. The Morgan fingerprint density at radius 2 is 1.23 bits per heavy atom. The van der Waals surface area contributed by atoms with E-state index in [1.807, 2.05) is 66.7 Å². The molecule has 0 saturated heterocycles. The molecule has 0 fully saturated rings. The molecule has 0 aliphatic heterocycles. The molecule has 0 saturated carbocycles. The predicted octanol–water partition coefficient (Wildman–Crippen LogP) is 6.40. The van der Waals surface area contributed by atoms with Crippen LogP contribution in [0.2, 0.25) is 19.6 Å². The van der Waals surface area contributed by atoms with Crippen LogP contribution in [0.15, 0.2) is 95.9 Å². The van der Waals surface area contributed by atoms with Gasteiger partial charge >= 0.3 is 0 Å². The van der Waals surface area contributed by atoms with Crippen LogP contribution < -0.4 is 10.6 Å². The second-order valence-corrected chi connectivity index (χ2v) is 17.1. The number of thioether (sulfide) groups is 1. The molecule has 0 aliphatic rings. The zero-order valence-electron chi connectivity index (χ0n) is 18.2. The lowest BCUT2D eigenvalue weighted by atomic mass is 10.3. The quantitative estimate of drug-likeness (QED) is 0.213. The highest BCUT2D eigenvalue weighted by Crippen LogP contribution is 2.47. The van der Waals surface area contributed by atoms with E-state index in [1.165, 1.54) is 4.90 Å². The maximum absolute atomic E-state index is 14.6. The number of benzene rings is 3. The average Bonchev–Trinajstić information content (AvgIpc) is 2.74. The zero-order chi connectivity index (χ0) is 21.6. The smallest absolute Gasteiger partial charge is 0.184 e. The van der Waals surface area contributed by atoms with Crippen molar-refractivity contribution in [1.29, 1.82) is 0 Å². The number of hydrogen-bond acceptors (Lipinski definition) is 3. The van der Waals surface area contributed by atoms with Crippen LogP contribution in [-0.4, -0.2) is 25.8 Å². The normalized spacial score (nSPS) is 14.3. The van der Waals surface area contributed by atoms with Crippen LogP contribution in [-0.2, 0) is 8.99 Å². The minimum Gasteiger partial charge on any atom is -0.414 e. The molecular weight excluding hydrogens is 423 g/mol. The van der Waals surface area contributed by atoms with Crippen molar-refractivity contribution in [2.24, 2.45) is 0 Å². The fourth-order valence-corrected chi connectivity index (χ4v) is 9.59. The largest absolute Gasteiger partial charge is 0.414 e. The molecule has 0 bridgehead atoms. The molecule has 0 amide bonds. The van der Waals surface area contributed by atoms with E-state index in [4.69, 9.17) is 4.43 Å². The molecular formula is C25H31O2PSSi. The first-order chi connectivity index (χ1) is 14.3. The molecule has 0 heterocycles. The topological polar surface area (TPSA) is 26.3 Å². The van der Waals surface area contributed by atoms with Gasteiger partial charge < -0.3 is 8.99 Å². The van der Waals surface area contributed by atoms with Gasteiger partial charge in [0.2, 0.25) is 0 Å². The first kappa shape index (κ1) is 23.1. The fourth-order valence-electron chi connectivity index (χ4n) is 3.54. The van der Waals surface area contributed by atoms with Crippen molar-refractivity contribution in [2.45, 2.75) is 42.8 Å². The van der Waals surface area contributed by atoms with Gasteiger partial charge in [0.15, 0.2) is 8.32 Å². The molecule has 1 unspecified atom stereocenters. The Hall–Kier alpha value is -1.58. The summed E-state index contributed by atoms with van der Waals surface area (Å²) in [6.45, 7) is 8.77. The van der Waals surface area contributed by atoms with E-state index in [2.05, 4.69) is 50.8 Å². The fraction of sp³-hybridized carbons (Fsp3) is 0.280. The van der Waals surface area contributed by atoms with Crippen molar-refractivity contribution in [3.8, 4) is 0 Å². The molecule has 0 aliphatic carbocycles. The number of hydrogen-bond donors (Lipinski definition) is 0. The summed E-state index contributed by atoms with van der Waals surface area (Å²) in [5.74, 6) is 0. The van der Waals surface area contributed by atoms with Gasteiger partial charge in [-0.25, -0.2) is 0 Å². The Bertz CT molecular complexity index is 915. The molecule has 0 N–H and O–H groups in total. The Balaban J connectivity index is 2.00. The Kier molecular flexibility index (Phi) is 7.81. The third-order valence-corrected chi connectivity index (χ3v) is 10.8. The lowest BCUT2D eigenvalue weighted by Crippen LogP contribution is -2.38. The van der Waals surface area contributed by atoms with Crippen molar-refractivity contribution in [3.63, 3.8) is 0 Å². The second kappa shape index (κ2) is 10.1. The van der Waals surface area contributed by atoms with E-state index < -0.39 is 15.5 Å². The van der Waals surface area contributed by atoms with Crippen LogP contribution >= 0.6 is 18.9 Å². The molecule has 5 heteroatoms. The minimum atomic E-state index is -2.82. The van der Waals surface area contributed by atoms with Crippen molar-refractivity contribution >= 4 is 37.8 Å². The van der Waals surface area contributed by atoms with Crippen LogP contribution in [0, 0.1) is 0 Å². The summed E-state index contributed by atoms with van der Waals surface area (Å²) in [4.78, 5) is 1.18. The molecule has 2 atom stereocenters. The molecule has 30 heavy (non-hydrogen) atoms. The van der Waals surface area contributed by atoms with E-state index >= 15 is 0 Å². The highest BCUT2D eigenvalue weighted by molar-refractivity contribution is 8.00. The summed E-state index contributed by atoms with van der Waals surface area (Å²) >= 11 is 1.78. The van der Waals surface area contributed by atoms with Crippen molar-refractivity contribution in [3.05, 3.63) is 91.0 Å². The molecule has 0 spiro atoms. The van der Waals surface area contributed by atoms with E-state index in [9.17, 15) is 4.57 Å². The molecule has 3 aromatic carbocycles. The SMILES string of the molecule is C[C@H](O[Si](C)(C)C)C(CP(=O)(c1ccccc1)c1ccccc1)Sc1ccccc1. The van der Waals surface area contributed by atoms with Gasteiger partial charge in [-0.1, -0.05) is 78.9 Å². The van der Waals surface area contributed by atoms with Crippen LogP contribution in [0.25, 0.3) is 0 Å². The second-order valence-electron chi connectivity index (χ2n) is 8.50. The standard InChI is InChI=1S/C25H31O2PSSi/c1-21(27-30(2,3)4)25(29-24-18-12-7-13-19-24)20-28(26,22-14-8-5-9-15-22)23-16-10-6-11-17-23/h5-19,21,25H,20H2,1-4H3/t21-,25?/m0/s1. The highest BCUT2D eigenvalue weighted by atomic mass is 32.2. The first-order valence-electron chi connectivity index (χ1n) is 10.4. The van der Waals surface area contributed by atoms with Crippen molar-refractivity contribution in [1.82, 2.24) is 0 Å². The zero-order valence-corrected chi connectivity index (χ0v) is 20.9. The third-order valence-electron chi connectivity index (χ3n) is 4.88. The Morgan fingerprint density at radius 3 is 1.67 bits per heavy atom. The van der Waals surface area contributed by atoms with Crippen LogP contribution in [0.1, 0.15) is 6.92 Å². The average molecular weight is 455 g/mol. The van der Waals surface area contributed by atoms with Gasteiger partial charge in [-0.2, -0.15) is 0 Å². The Labute approximate surface area is 186 Å². The minimum absolute atomic E-state index is 0.00243. The van der Waals surface area contributed by atoms with Gasteiger partial charge in [0.1, 0.15) is 7.14 Å². The monoisotopic (exact) mass is 454 g/mol. The van der Waals surface area contributed by atoms with Gasteiger partial charge in [-0.3, -0.25) is 0 Å². The summed E-state index contributed by atoms with van der Waals surface area (Å²) in [6, 6.07) is 30.3. The first-order valence-corrected chi connectivity index (χ1v) is 16.6. The van der Waals surface area contributed by atoms with E-state index in [1.54, 1.807) is 11.8 Å². The molecule has 2 nitrogen and oxygen atoms in total. The summed E-state index contributed by atoms with van der Waals surface area (Å²) in [6.07, 6.45) is 0.564. The van der Waals surface area contributed by atoms with E-state index in [0.29, 0.717) is 6.16 Å². The van der Waals surface area contributed by atoms with Crippen LogP contribution in [0.4, 0.5) is 0 Å². The highest BCUT2D eigenvalue weighted by Gasteiger charge is 2.35. The third kappa shape index (κ3) is 6.21. The summed E-state index contributed by atoms with van der Waals surface area (Å²) in [5.41, 5.74) is 0. The lowest BCUT2D eigenvalue weighted by Gasteiger charge is -2.32. The lowest BCUT2D eigenvalue weighted by molar-refractivity contribution is 0.216. The summed E-state index contributed by atoms with van der Waals surface area (Å²) < 4.78 is 21.1. The van der Waals surface area contributed by atoms with Crippen LogP contribution in [0.5, 0.6) is 0 Å². The molecule has 0 aromatic heterocycles. The van der Waals surface area contributed by atoms with E-state index in [0.717, 1.165) is 10.6 Å². The van der Waals surface area contributed by atoms with Gasteiger partial charge in [0, 0.05) is 26.9 Å². The van der Waals surface area contributed by atoms with Crippen molar-refractivity contribution < 1.29 is 8.99 Å². The summed E-state index contributed by atoms with van der Waals surface area (Å²) in [5, 5.41) is 1.90. The maximum Gasteiger partial charge on any atom is 0.184 e. The van der Waals surface area contributed by atoms with Gasteiger partial charge in [0.25, 0.3) is 0 Å². The van der Waals surface area contributed by atoms with Gasteiger partial charge in [-0.05, 0) is 38.7 Å².